The molecule has 100 valence electrons. The molecule has 1 rings (SSSR count). The molecular formula is C13H21N3OS. The Labute approximate surface area is 113 Å². The Morgan fingerprint density at radius 3 is 2.72 bits per heavy atom. The molecule has 0 bridgehead atoms. The fraction of sp³-hybridized carbons (Fsp3) is 0.538. The predicted molar refractivity (Wildman–Crippen MR) is 78.3 cm³/mol. The van der Waals surface area contributed by atoms with E-state index in [4.69, 9.17) is 0 Å². The Bertz CT molecular complexity index is 380. The van der Waals surface area contributed by atoms with E-state index in [1.54, 1.807) is 18.0 Å². The van der Waals surface area contributed by atoms with Gasteiger partial charge in [0.15, 0.2) is 0 Å². The van der Waals surface area contributed by atoms with Crippen LogP contribution in [0, 0.1) is 0 Å². The summed E-state index contributed by atoms with van der Waals surface area (Å²) in [6.45, 7) is 2.10. The Morgan fingerprint density at radius 1 is 1.56 bits per heavy atom. The van der Waals surface area contributed by atoms with Gasteiger partial charge in [0.05, 0.1) is 5.56 Å². The summed E-state index contributed by atoms with van der Waals surface area (Å²) >= 11 is 1.76. The van der Waals surface area contributed by atoms with Gasteiger partial charge in [-0.3, -0.25) is 4.79 Å². The van der Waals surface area contributed by atoms with Crippen LogP contribution in [0.1, 0.15) is 23.7 Å². The van der Waals surface area contributed by atoms with Crippen molar-refractivity contribution in [2.24, 2.45) is 0 Å². The minimum atomic E-state index is 0.0334. The number of nitrogens with zero attached hydrogens (tertiary/aromatic N) is 2. The second kappa shape index (κ2) is 7.26. The standard InChI is InChI=1S/C13H21N3OS/c1-5-11(9-18-4)16(3)13(17)10-6-7-12(14-2)15-8-10/h6-8,11H,5,9H2,1-4H3,(H,14,15). The topological polar surface area (TPSA) is 45.2 Å². The second-order valence-corrected chi connectivity index (χ2v) is 5.03. The number of amides is 1. The molecule has 0 spiro atoms. The van der Waals surface area contributed by atoms with E-state index in [0.717, 1.165) is 18.0 Å². The van der Waals surface area contributed by atoms with Crippen LogP contribution in [-0.2, 0) is 0 Å². The molecule has 0 radical (unpaired) electrons. The van der Waals surface area contributed by atoms with Gasteiger partial charge >= 0.3 is 0 Å². The quantitative estimate of drug-likeness (QED) is 0.859. The Balaban J connectivity index is 2.78. The van der Waals surface area contributed by atoms with E-state index < -0.39 is 0 Å². The minimum Gasteiger partial charge on any atom is -0.373 e. The van der Waals surface area contributed by atoms with Crippen molar-refractivity contribution in [3.63, 3.8) is 0 Å². The van der Waals surface area contributed by atoms with Crippen molar-refractivity contribution in [2.45, 2.75) is 19.4 Å². The van der Waals surface area contributed by atoms with Crippen LogP contribution in [0.25, 0.3) is 0 Å². The number of hydrogen-bond acceptors (Lipinski definition) is 4. The first-order valence-corrected chi connectivity index (χ1v) is 7.43. The van der Waals surface area contributed by atoms with Crippen LogP contribution >= 0.6 is 11.8 Å². The number of thioether (sulfide) groups is 1. The smallest absolute Gasteiger partial charge is 0.255 e. The van der Waals surface area contributed by atoms with Gasteiger partial charge in [-0.05, 0) is 24.8 Å². The molecule has 0 saturated carbocycles. The maximum Gasteiger partial charge on any atom is 0.255 e. The van der Waals surface area contributed by atoms with E-state index in [9.17, 15) is 4.79 Å². The van der Waals surface area contributed by atoms with Crippen LogP contribution in [0.4, 0.5) is 5.82 Å². The van der Waals surface area contributed by atoms with Gasteiger partial charge in [-0.1, -0.05) is 6.92 Å². The van der Waals surface area contributed by atoms with Gasteiger partial charge in [0, 0.05) is 32.1 Å². The van der Waals surface area contributed by atoms with Crippen LogP contribution in [-0.4, -0.2) is 47.9 Å². The molecule has 1 aromatic rings. The van der Waals surface area contributed by atoms with Gasteiger partial charge < -0.3 is 10.2 Å². The summed E-state index contributed by atoms with van der Waals surface area (Å²) in [6.07, 6.45) is 4.64. The summed E-state index contributed by atoms with van der Waals surface area (Å²) in [5, 5.41) is 2.94. The predicted octanol–water partition coefficient (Wildman–Crippen LogP) is 2.34. The first kappa shape index (κ1) is 14.8. The minimum absolute atomic E-state index is 0.0334. The van der Waals surface area contributed by atoms with Gasteiger partial charge in [-0.25, -0.2) is 4.98 Å². The van der Waals surface area contributed by atoms with Crippen molar-refractivity contribution in [2.75, 3.05) is 31.4 Å². The molecule has 0 fully saturated rings. The summed E-state index contributed by atoms with van der Waals surface area (Å²) in [5.74, 6) is 1.76. The van der Waals surface area contributed by atoms with Crippen LogP contribution in [0.15, 0.2) is 18.3 Å². The van der Waals surface area contributed by atoms with Crippen molar-refractivity contribution in [3.05, 3.63) is 23.9 Å². The van der Waals surface area contributed by atoms with E-state index in [0.29, 0.717) is 5.56 Å². The molecule has 0 aromatic carbocycles. The zero-order valence-corrected chi connectivity index (χ0v) is 12.3. The largest absolute Gasteiger partial charge is 0.373 e. The Kier molecular flexibility index (Phi) is 5.98. The zero-order chi connectivity index (χ0) is 13.5. The highest BCUT2D eigenvalue weighted by Gasteiger charge is 2.19. The number of aromatic nitrogens is 1. The number of carbonyl (C=O) groups is 1. The monoisotopic (exact) mass is 267 g/mol. The Hall–Kier alpha value is -1.23. The third kappa shape index (κ3) is 3.63. The average Bonchev–Trinajstić information content (AvgIpc) is 2.43. The molecule has 1 N–H and O–H groups in total. The van der Waals surface area contributed by atoms with Crippen molar-refractivity contribution in [3.8, 4) is 0 Å². The number of rotatable bonds is 6. The fourth-order valence-electron chi connectivity index (χ4n) is 1.73. The van der Waals surface area contributed by atoms with Crippen LogP contribution < -0.4 is 5.32 Å². The SMILES string of the molecule is CCC(CSC)N(C)C(=O)c1ccc(NC)nc1. The van der Waals surface area contributed by atoms with Gasteiger partial charge in [-0.15, -0.1) is 0 Å². The van der Waals surface area contributed by atoms with Crippen molar-refractivity contribution in [1.29, 1.82) is 0 Å². The summed E-state index contributed by atoms with van der Waals surface area (Å²) in [6, 6.07) is 3.90. The van der Waals surface area contributed by atoms with Crippen LogP contribution in [0.2, 0.25) is 0 Å². The Morgan fingerprint density at radius 2 is 2.28 bits per heavy atom. The van der Waals surface area contributed by atoms with Crippen LogP contribution in [0.3, 0.4) is 0 Å². The lowest BCUT2D eigenvalue weighted by Gasteiger charge is -2.26. The first-order valence-electron chi connectivity index (χ1n) is 6.03. The van der Waals surface area contributed by atoms with E-state index in [1.165, 1.54) is 0 Å². The highest BCUT2D eigenvalue weighted by atomic mass is 32.2. The van der Waals surface area contributed by atoms with Gasteiger partial charge in [0.25, 0.3) is 5.91 Å². The molecule has 0 saturated heterocycles. The lowest BCUT2D eigenvalue weighted by atomic mass is 10.2. The van der Waals surface area contributed by atoms with Crippen molar-refractivity contribution >= 4 is 23.5 Å². The van der Waals surface area contributed by atoms with Gasteiger partial charge in [0.1, 0.15) is 5.82 Å². The number of pyridine rings is 1. The van der Waals surface area contributed by atoms with E-state index in [-0.39, 0.29) is 11.9 Å². The maximum absolute atomic E-state index is 12.3. The van der Waals surface area contributed by atoms with E-state index >= 15 is 0 Å². The first-order chi connectivity index (χ1) is 8.63. The molecule has 1 heterocycles. The van der Waals surface area contributed by atoms with Crippen molar-refractivity contribution < 1.29 is 4.79 Å². The summed E-state index contributed by atoms with van der Waals surface area (Å²) in [5.41, 5.74) is 0.635. The summed E-state index contributed by atoms with van der Waals surface area (Å²) in [4.78, 5) is 18.3. The third-order valence-electron chi connectivity index (χ3n) is 2.96. The lowest BCUT2D eigenvalue weighted by molar-refractivity contribution is 0.0743. The number of nitrogens with one attached hydrogen (secondary N) is 1. The molecule has 0 aliphatic carbocycles. The molecule has 5 heteroatoms. The highest BCUT2D eigenvalue weighted by molar-refractivity contribution is 7.98. The lowest BCUT2D eigenvalue weighted by Crippen LogP contribution is -2.38. The summed E-state index contributed by atoms with van der Waals surface area (Å²) < 4.78 is 0. The molecule has 1 amide bonds. The summed E-state index contributed by atoms with van der Waals surface area (Å²) in [7, 11) is 3.67. The number of hydrogen-bond donors (Lipinski definition) is 1. The molecule has 0 aliphatic rings. The normalized spacial score (nSPS) is 12.0. The average molecular weight is 267 g/mol. The van der Waals surface area contributed by atoms with E-state index in [2.05, 4.69) is 23.5 Å². The highest BCUT2D eigenvalue weighted by Crippen LogP contribution is 2.13. The molecule has 0 aliphatic heterocycles. The number of carbonyl (C=O) groups excluding carboxylic acids is 1. The molecule has 18 heavy (non-hydrogen) atoms. The maximum atomic E-state index is 12.3. The number of anilines is 1. The van der Waals surface area contributed by atoms with E-state index in [1.807, 2.05) is 31.1 Å². The van der Waals surface area contributed by atoms with Crippen molar-refractivity contribution in [1.82, 2.24) is 9.88 Å². The molecule has 4 nitrogen and oxygen atoms in total. The second-order valence-electron chi connectivity index (χ2n) is 4.12. The molecule has 1 unspecified atom stereocenters. The molecular weight excluding hydrogens is 246 g/mol. The molecule has 1 aromatic heterocycles. The van der Waals surface area contributed by atoms with Gasteiger partial charge in [0.2, 0.25) is 0 Å². The molecule has 1 atom stereocenters. The zero-order valence-electron chi connectivity index (χ0n) is 11.4. The van der Waals surface area contributed by atoms with Crippen LogP contribution in [0.5, 0.6) is 0 Å². The van der Waals surface area contributed by atoms with Gasteiger partial charge in [-0.2, -0.15) is 11.8 Å². The third-order valence-corrected chi connectivity index (χ3v) is 3.68. The fourth-order valence-corrected chi connectivity index (χ4v) is 2.58.